The van der Waals surface area contributed by atoms with Gasteiger partial charge in [0.1, 0.15) is 5.82 Å². The summed E-state index contributed by atoms with van der Waals surface area (Å²) < 4.78 is 13.7. The van der Waals surface area contributed by atoms with E-state index in [4.69, 9.17) is 11.6 Å². The van der Waals surface area contributed by atoms with Gasteiger partial charge >= 0.3 is 0 Å². The molecule has 1 saturated carbocycles. The van der Waals surface area contributed by atoms with E-state index in [0.29, 0.717) is 17.6 Å². The van der Waals surface area contributed by atoms with Crippen LogP contribution in [0.2, 0.25) is 5.02 Å². The predicted molar refractivity (Wildman–Crippen MR) is 86.6 cm³/mol. The second kappa shape index (κ2) is 6.97. The summed E-state index contributed by atoms with van der Waals surface area (Å²) in [6.07, 6.45) is 7.47. The van der Waals surface area contributed by atoms with Gasteiger partial charge in [-0.1, -0.05) is 24.4 Å². The standard InChI is InChI=1S/C17H22ClFN2O/c18-13-7-8-14(19)15(10-13)20-17(22)11-21-9-3-5-12-4-1-2-6-16(12)21/h7-8,10,12,16H,1-6,9,11H2,(H,20,22)/t12-,16-/m0/s1. The molecule has 5 heteroatoms. The Bertz CT molecular complexity index is 549. The van der Waals surface area contributed by atoms with Gasteiger partial charge in [0.2, 0.25) is 5.91 Å². The maximum Gasteiger partial charge on any atom is 0.238 e. The number of carbonyl (C=O) groups excluding carboxylic acids is 1. The molecule has 1 aromatic carbocycles. The van der Waals surface area contributed by atoms with Gasteiger partial charge in [-0.05, 0) is 56.3 Å². The van der Waals surface area contributed by atoms with Gasteiger partial charge in [-0.15, -0.1) is 0 Å². The molecule has 0 spiro atoms. The molecular weight excluding hydrogens is 303 g/mol. The van der Waals surface area contributed by atoms with Crippen molar-refractivity contribution in [3.05, 3.63) is 29.0 Å². The molecule has 0 bridgehead atoms. The third kappa shape index (κ3) is 3.61. The number of halogens is 2. The molecule has 2 aliphatic rings. The van der Waals surface area contributed by atoms with Gasteiger partial charge in [0.25, 0.3) is 0 Å². The third-order valence-electron chi connectivity index (χ3n) is 4.91. The summed E-state index contributed by atoms with van der Waals surface area (Å²) in [6.45, 7) is 1.31. The van der Waals surface area contributed by atoms with Gasteiger partial charge in [0.15, 0.2) is 0 Å². The Morgan fingerprint density at radius 1 is 1.27 bits per heavy atom. The smallest absolute Gasteiger partial charge is 0.238 e. The summed E-state index contributed by atoms with van der Waals surface area (Å²) in [7, 11) is 0. The van der Waals surface area contributed by atoms with Crippen LogP contribution in [0.5, 0.6) is 0 Å². The number of likely N-dealkylation sites (tertiary alicyclic amines) is 1. The first-order chi connectivity index (χ1) is 10.6. The molecule has 120 valence electrons. The zero-order chi connectivity index (χ0) is 15.5. The Morgan fingerprint density at radius 2 is 2.05 bits per heavy atom. The molecule has 0 unspecified atom stereocenters. The van der Waals surface area contributed by atoms with Crippen molar-refractivity contribution in [2.75, 3.05) is 18.4 Å². The summed E-state index contributed by atoms with van der Waals surface area (Å²) >= 11 is 5.85. The summed E-state index contributed by atoms with van der Waals surface area (Å²) in [5.74, 6) is 0.123. The number of hydrogen-bond donors (Lipinski definition) is 1. The van der Waals surface area contributed by atoms with Crippen LogP contribution in [0, 0.1) is 11.7 Å². The van der Waals surface area contributed by atoms with Crippen LogP contribution in [0.3, 0.4) is 0 Å². The van der Waals surface area contributed by atoms with E-state index < -0.39 is 5.82 Å². The highest BCUT2D eigenvalue weighted by Crippen LogP contribution is 2.35. The Kier molecular flexibility index (Phi) is 4.99. The van der Waals surface area contributed by atoms with Crippen LogP contribution in [0.1, 0.15) is 38.5 Å². The van der Waals surface area contributed by atoms with Gasteiger partial charge in [0, 0.05) is 11.1 Å². The first-order valence-electron chi connectivity index (χ1n) is 8.12. The number of amides is 1. The molecule has 3 rings (SSSR count). The zero-order valence-corrected chi connectivity index (χ0v) is 13.4. The van der Waals surface area contributed by atoms with E-state index in [1.54, 1.807) is 0 Å². The minimum atomic E-state index is -0.452. The van der Waals surface area contributed by atoms with Gasteiger partial charge in [-0.3, -0.25) is 9.69 Å². The molecule has 1 aliphatic heterocycles. The molecule has 1 N–H and O–H groups in total. The van der Waals surface area contributed by atoms with Crippen LogP contribution in [-0.4, -0.2) is 29.9 Å². The van der Waals surface area contributed by atoms with Crippen molar-refractivity contribution in [2.24, 2.45) is 5.92 Å². The first-order valence-corrected chi connectivity index (χ1v) is 8.50. The van der Waals surface area contributed by atoms with Gasteiger partial charge < -0.3 is 5.32 Å². The number of benzene rings is 1. The monoisotopic (exact) mass is 324 g/mol. The fourth-order valence-corrected chi connectivity index (χ4v) is 4.06. The van der Waals surface area contributed by atoms with Crippen LogP contribution < -0.4 is 5.32 Å². The summed E-state index contributed by atoms with van der Waals surface area (Å²) in [4.78, 5) is 14.5. The Balaban J connectivity index is 1.62. The van der Waals surface area contributed by atoms with Crippen LogP contribution >= 0.6 is 11.6 Å². The normalized spacial score (nSPS) is 25.5. The minimum absolute atomic E-state index is 0.160. The van der Waals surface area contributed by atoms with Crippen molar-refractivity contribution in [1.82, 2.24) is 4.90 Å². The van der Waals surface area contributed by atoms with Crippen LogP contribution in [0.4, 0.5) is 10.1 Å². The lowest BCUT2D eigenvalue weighted by Crippen LogP contribution is -2.49. The highest BCUT2D eigenvalue weighted by atomic mass is 35.5. The second-order valence-electron chi connectivity index (χ2n) is 6.40. The second-order valence-corrected chi connectivity index (χ2v) is 6.83. The van der Waals surface area contributed by atoms with Crippen LogP contribution in [-0.2, 0) is 4.79 Å². The lowest BCUT2D eigenvalue weighted by molar-refractivity contribution is -0.119. The van der Waals surface area contributed by atoms with Gasteiger partial charge in [-0.2, -0.15) is 0 Å². The van der Waals surface area contributed by atoms with E-state index in [1.807, 2.05) is 0 Å². The maximum atomic E-state index is 13.7. The molecule has 0 radical (unpaired) electrons. The average molecular weight is 325 g/mol. The quantitative estimate of drug-likeness (QED) is 0.909. The summed E-state index contributed by atoms with van der Waals surface area (Å²) in [5, 5.41) is 3.07. The van der Waals surface area contributed by atoms with E-state index in [-0.39, 0.29) is 11.6 Å². The lowest BCUT2D eigenvalue weighted by atomic mass is 9.78. The van der Waals surface area contributed by atoms with Crippen molar-refractivity contribution in [1.29, 1.82) is 0 Å². The van der Waals surface area contributed by atoms with Crippen molar-refractivity contribution in [3.8, 4) is 0 Å². The number of nitrogens with one attached hydrogen (secondary N) is 1. The molecule has 1 amide bonds. The number of nitrogens with zero attached hydrogens (tertiary/aromatic N) is 1. The lowest BCUT2D eigenvalue weighted by Gasteiger charge is -2.43. The molecule has 1 aromatic rings. The van der Waals surface area contributed by atoms with Gasteiger partial charge in [0.05, 0.1) is 12.2 Å². The Hall–Kier alpha value is -1.13. The van der Waals surface area contributed by atoms with E-state index in [1.165, 1.54) is 50.3 Å². The number of carbonyl (C=O) groups is 1. The SMILES string of the molecule is O=C(CN1CCC[C@@H]2CCCC[C@@H]21)Nc1cc(Cl)ccc1F. The molecule has 2 atom stereocenters. The van der Waals surface area contributed by atoms with Crippen LogP contribution in [0.15, 0.2) is 18.2 Å². The zero-order valence-electron chi connectivity index (χ0n) is 12.7. The molecule has 2 fully saturated rings. The minimum Gasteiger partial charge on any atom is -0.322 e. The summed E-state index contributed by atoms with van der Waals surface area (Å²) in [6, 6.07) is 4.73. The molecule has 1 heterocycles. The molecule has 1 saturated heterocycles. The molecule has 0 aromatic heterocycles. The number of rotatable bonds is 3. The predicted octanol–water partition coefficient (Wildman–Crippen LogP) is 4.07. The van der Waals surface area contributed by atoms with E-state index in [9.17, 15) is 9.18 Å². The Labute approximate surface area is 135 Å². The number of hydrogen-bond acceptors (Lipinski definition) is 2. The fraction of sp³-hybridized carbons (Fsp3) is 0.588. The highest BCUT2D eigenvalue weighted by molar-refractivity contribution is 6.30. The Morgan fingerprint density at radius 3 is 2.91 bits per heavy atom. The highest BCUT2D eigenvalue weighted by Gasteiger charge is 2.33. The molecule has 22 heavy (non-hydrogen) atoms. The van der Waals surface area contributed by atoms with Crippen molar-refractivity contribution in [3.63, 3.8) is 0 Å². The van der Waals surface area contributed by atoms with Crippen molar-refractivity contribution >= 4 is 23.2 Å². The maximum absolute atomic E-state index is 13.7. The number of anilines is 1. The van der Waals surface area contributed by atoms with E-state index in [2.05, 4.69) is 10.2 Å². The number of piperidine rings is 1. The largest absolute Gasteiger partial charge is 0.322 e. The van der Waals surface area contributed by atoms with Crippen molar-refractivity contribution in [2.45, 2.75) is 44.6 Å². The average Bonchev–Trinajstić information content (AvgIpc) is 2.51. The van der Waals surface area contributed by atoms with E-state index >= 15 is 0 Å². The first kappa shape index (κ1) is 15.8. The molecule has 3 nitrogen and oxygen atoms in total. The number of fused-ring (bicyclic) bond motifs is 1. The molecular formula is C17H22ClFN2O. The molecule has 1 aliphatic carbocycles. The fourth-order valence-electron chi connectivity index (χ4n) is 3.89. The third-order valence-corrected chi connectivity index (χ3v) is 5.14. The van der Waals surface area contributed by atoms with E-state index in [0.717, 1.165) is 18.9 Å². The van der Waals surface area contributed by atoms with Crippen molar-refractivity contribution < 1.29 is 9.18 Å². The van der Waals surface area contributed by atoms with Crippen LogP contribution in [0.25, 0.3) is 0 Å². The van der Waals surface area contributed by atoms with Gasteiger partial charge in [-0.25, -0.2) is 4.39 Å². The summed E-state index contributed by atoms with van der Waals surface area (Å²) in [5.41, 5.74) is 0.162. The topological polar surface area (TPSA) is 32.3 Å².